The molecule has 4 fully saturated rings. The van der Waals surface area contributed by atoms with Gasteiger partial charge >= 0.3 is 6.09 Å². The number of fused-ring (bicyclic) bond motifs is 3. The van der Waals surface area contributed by atoms with Gasteiger partial charge in [-0.1, -0.05) is 18.2 Å². The summed E-state index contributed by atoms with van der Waals surface area (Å²) >= 11 is 0. The Morgan fingerprint density at radius 2 is 1.89 bits per heavy atom. The number of carbonyl (C=O) groups is 1. The second-order valence-electron chi connectivity index (χ2n) is 12.8. The molecule has 0 spiro atoms. The van der Waals surface area contributed by atoms with Crippen molar-refractivity contribution in [1.82, 2.24) is 20.2 Å². The zero-order valence-electron chi connectivity index (χ0n) is 22.3. The fourth-order valence-electron chi connectivity index (χ4n) is 7.24. The Bertz CT molecular complexity index is 1330. The molecule has 1 amide bonds. The first-order valence-corrected chi connectivity index (χ1v) is 13.8. The maximum Gasteiger partial charge on any atom is 0.407 e. The van der Waals surface area contributed by atoms with Crippen LogP contribution in [0.1, 0.15) is 70.0 Å². The number of nitrogens with one attached hydrogen (secondary N) is 2. The van der Waals surface area contributed by atoms with E-state index in [2.05, 4.69) is 63.4 Å². The first kappa shape index (κ1) is 23.1. The first-order chi connectivity index (χ1) is 17.7. The number of alkyl carbamates (subject to hydrolysis) is 1. The van der Waals surface area contributed by atoms with E-state index in [0.717, 1.165) is 36.8 Å². The Morgan fingerprint density at radius 1 is 1.14 bits per heavy atom. The number of para-hydroxylation sites is 1. The zero-order chi connectivity index (χ0) is 25.5. The van der Waals surface area contributed by atoms with Gasteiger partial charge in [0.15, 0.2) is 0 Å². The van der Waals surface area contributed by atoms with Crippen LogP contribution in [-0.4, -0.2) is 57.3 Å². The van der Waals surface area contributed by atoms with E-state index in [4.69, 9.17) is 9.72 Å². The van der Waals surface area contributed by atoms with Crippen LogP contribution in [0.4, 0.5) is 10.5 Å². The molecule has 37 heavy (non-hydrogen) atoms. The third kappa shape index (κ3) is 3.73. The van der Waals surface area contributed by atoms with Crippen molar-refractivity contribution in [3.63, 3.8) is 0 Å². The first-order valence-electron chi connectivity index (χ1n) is 13.8. The van der Waals surface area contributed by atoms with Crippen molar-refractivity contribution in [1.29, 1.82) is 0 Å². The Hall–Kier alpha value is -3.06. The van der Waals surface area contributed by atoms with Crippen LogP contribution in [0.5, 0.6) is 0 Å². The normalized spacial score (nSPS) is 29.2. The minimum Gasteiger partial charge on any atom is -0.444 e. The number of pyridine rings is 1. The van der Waals surface area contributed by atoms with Gasteiger partial charge in [-0.15, -0.1) is 0 Å². The molecule has 0 unspecified atom stereocenters. The third-order valence-electron chi connectivity index (χ3n) is 8.94. The zero-order valence-corrected chi connectivity index (χ0v) is 22.3. The van der Waals surface area contributed by atoms with Crippen LogP contribution in [0.2, 0.25) is 0 Å². The number of hydrogen-bond donors (Lipinski definition) is 2. The van der Waals surface area contributed by atoms with Gasteiger partial charge < -0.3 is 19.9 Å². The summed E-state index contributed by atoms with van der Waals surface area (Å²) in [6.07, 6.45) is 6.75. The van der Waals surface area contributed by atoms with Crippen LogP contribution in [-0.2, 0) is 11.2 Å². The minimum absolute atomic E-state index is 0.0994. The maximum atomic E-state index is 12.1. The average Bonchev–Trinajstić information content (AvgIpc) is 3.11. The number of carbonyl (C=O) groups excluding carboxylic acids is 1. The molecule has 2 atom stereocenters. The van der Waals surface area contributed by atoms with Crippen LogP contribution < -0.4 is 10.2 Å². The van der Waals surface area contributed by atoms with Crippen molar-refractivity contribution in [3.8, 4) is 0 Å². The van der Waals surface area contributed by atoms with Gasteiger partial charge in [-0.05, 0) is 83.1 Å². The van der Waals surface area contributed by atoms with Gasteiger partial charge in [0.05, 0.1) is 29.7 Å². The minimum atomic E-state index is -0.484. The van der Waals surface area contributed by atoms with Gasteiger partial charge in [-0.25, -0.2) is 4.79 Å². The molecule has 2 N–H and O–H groups in total. The van der Waals surface area contributed by atoms with Crippen LogP contribution in [0, 0.1) is 5.92 Å². The SMILES string of the molecule is C[C@@H]1Cc2c([nH]c3ccccc23)[C@@H](c2ccc(N3CC(NC(=O)OC(C)(C)C)C3)cn2)N1C12CC(C1)C2. The van der Waals surface area contributed by atoms with Crippen molar-refractivity contribution in [2.45, 2.75) is 82.6 Å². The Morgan fingerprint density at radius 3 is 2.54 bits per heavy atom. The number of hydrogen-bond acceptors (Lipinski definition) is 5. The third-order valence-corrected chi connectivity index (χ3v) is 8.94. The number of amides is 1. The lowest BCUT2D eigenvalue weighted by Crippen LogP contribution is -2.71. The molecular formula is C30H37N5O2. The topological polar surface area (TPSA) is 73.5 Å². The number of anilines is 1. The monoisotopic (exact) mass is 499 g/mol. The molecule has 194 valence electrons. The molecule has 3 aliphatic carbocycles. The molecule has 3 aromatic rings. The van der Waals surface area contributed by atoms with Crippen LogP contribution in [0.15, 0.2) is 42.6 Å². The summed E-state index contributed by atoms with van der Waals surface area (Å²) in [5, 5.41) is 4.32. The highest BCUT2D eigenvalue weighted by atomic mass is 16.6. The molecule has 7 heteroatoms. The lowest BCUT2D eigenvalue weighted by Gasteiger charge is -2.69. The number of H-pyrrole nitrogens is 1. The maximum absolute atomic E-state index is 12.1. The van der Waals surface area contributed by atoms with E-state index < -0.39 is 5.60 Å². The summed E-state index contributed by atoms with van der Waals surface area (Å²) in [6, 6.07) is 13.9. The van der Waals surface area contributed by atoms with E-state index in [-0.39, 0.29) is 18.2 Å². The Balaban J connectivity index is 1.13. The van der Waals surface area contributed by atoms with Gasteiger partial charge in [0.2, 0.25) is 0 Å². The summed E-state index contributed by atoms with van der Waals surface area (Å²) in [6.45, 7) is 9.59. The lowest BCUT2D eigenvalue weighted by atomic mass is 9.48. The molecule has 0 radical (unpaired) electrons. The fourth-order valence-corrected chi connectivity index (χ4v) is 7.24. The highest BCUT2D eigenvalue weighted by molar-refractivity contribution is 5.85. The van der Waals surface area contributed by atoms with Gasteiger partial charge in [-0.3, -0.25) is 9.88 Å². The van der Waals surface area contributed by atoms with Crippen molar-refractivity contribution in [2.75, 3.05) is 18.0 Å². The van der Waals surface area contributed by atoms with E-state index in [1.807, 2.05) is 27.0 Å². The van der Waals surface area contributed by atoms with Crippen molar-refractivity contribution in [2.24, 2.45) is 5.92 Å². The molecule has 3 saturated carbocycles. The molecule has 4 heterocycles. The summed E-state index contributed by atoms with van der Waals surface area (Å²) in [5.41, 5.74) is 6.10. The number of rotatable bonds is 4. The molecule has 5 aliphatic rings. The highest BCUT2D eigenvalue weighted by Gasteiger charge is 2.63. The number of ether oxygens (including phenoxy) is 1. The van der Waals surface area contributed by atoms with E-state index in [1.54, 1.807) is 0 Å². The lowest BCUT2D eigenvalue weighted by molar-refractivity contribution is -0.174. The number of aromatic nitrogens is 2. The smallest absolute Gasteiger partial charge is 0.407 e. The second-order valence-corrected chi connectivity index (χ2v) is 12.8. The molecule has 8 rings (SSSR count). The summed E-state index contributed by atoms with van der Waals surface area (Å²) < 4.78 is 5.39. The van der Waals surface area contributed by atoms with Gasteiger partial charge in [0.1, 0.15) is 5.60 Å². The van der Waals surface area contributed by atoms with Crippen LogP contribution in [0.3, 0.4) is 0 Å². The summed E-state index contributed by atoms with van der Waals surface area (Å²) in [7, 11) is 0. The standard InChI is InChI=1S/C30H37N5O2/c1-18-11-23-22-7-5-6-8-24(22)33-26(23)27(35(18)30-12-19(13-30)14-30)25-10-9-21(15-31-25)34-16-20(17-34)32-28(36)37-29(2,3)4/h5-10,15,18-20,27,33H,11-14,16-17H2,1-4H3,(H,32,36)/t18-,19?,27-,30?/m1/s1. The largest absolute Gasteiger partial charge is 0.444 e. The van der Waals surface area contributed by atoms with Crippen molar-refractivity contribution >= 4 is 22.7 Å². The highest BCUT2D eigenvalue weighted by Crippen LogP contribution is 2.64. The van der Waals surface area contributed by atoms with E-state index >= 15 is 0 Å². The quantitative estimate of drug-likeness (QED) is 0.519. The van der Waals surface area contributed by atoms with Gasteiger partial charge in [0.25, 0.3) is 0 Å². The fraction of sp³-hybridized carbons (Fsp3) is 0.533. The molecule has 2 aliphatic heterocycles. The molecule has 1 aromatic carbocycles. The average molecular weight is 500 g/mol. The van der Waals surface area contributed by atoms with Gasteiger partial charge in [-0.2, -0.15) is 0 Å². The molecule has 1 saturated heterocycles. The molecule has 7 nitrogen and oxygen atoms in total. The molecular weight excluding hydrogens is 462 g/mol. The van der Waals surface area contributed by atoms with Crippen LogP contribution in [0.25, 0.3) is 10.9 Å². The van der Waals surface area contributed by atoms with Crippen LogP contribution >= 0.6 is 0 Å². The molecule has 2 bridgehead atoms. The predicted molar refractivity (Wildman–Crippen MR) is 145 cm³/mol. The Labute approximate surface area is 218 Å². The van der Waals surface area contributed by atoms with E-state index in [1.165, 1.54) is 41.4 Å². The number of nitrogens with zero attached hydrogens (tertiary/aromatic N) is 3. The van der Waals surface area contributed by atoms with Crippen molar-refractivity contribution in [3.05, 3.63) is 59.5 Å². The van der Waals surface area contributed by atoms with Crippen molar-refractivity contribution < 1.29 is 9.53 Å². The second kappa shape index (κ2) is 7.97. The predicted octanol–water partition coefficient (Wildman–Crippen LogP) is 5.16. The van der Waals surface area contributed by atoms with E-state index in [9.17, 15) is 4.79 Å². The summed E-state index contributed by atoms with van der Waals surface area (Å²) in [4.78, 5) is 26.0. The molecule has 2 aromatic heterocycles. The summed E-state index contributed by atoms with van der Waals surface area (Å²) in [5.74, 6) is 0.931. The Kier molecular flexibility index (Phi) is 4.97. The van der Waals surface area contributed by atoms with E-state index in [0.29, 0.717) is 11.6 Å². The number of benzene rings is 1. The number of aromatic amines is 1. The van der Waals surface area contributed by atoms with Gasteiger partial charge in [0, 0.05) is 41.3 Å².